The number of ether oxygens (including phenoxy) is 1. The van der Waals surface area contributed by atoms with Gasteiger partial charge in [0.05, 0.1) is 0 Å². The Morgan fingerprint density at radius 3 is 2.83 bits per heavy atom. The summed E-state index contributed by atoms with van der Waals surface area (Å²) in [5, 5.41) is 0.701. The number of anilines is 1. The van der Waals surface area contributed by atoms with Gasteiger partial charge >= 0.3 is 0 Å². The van der Waals surface area contributed by atoms with E-state index in [1.165, 1.54) is 5.56 Å². The van der Waals surface area contributed by atoms with Crippen molar-refractivity contribution in [2.75, 3.05) is 11.4 Å². The summed E-state index contributed by atoms with van der Waals surface area (Å²) in [6, 6.07) is 13.6. The molecule has 3 rings (SSSR count). The summed E-state index contributed by atoms with van der Waals surface area (Å²) in [5.74, 6) is 0.708. The lowest BCUT2D eigenvalue weighted by Crippen LogP contribution is -2.44. The van der Waals surface area contributed by atoms with Crippen LogP contribution in [0.15, 0.2) is 42.5 Å². The van der Waals surface area contributed by atoms with E-state index < -0.39 is 6.10 Å². The maximum Gasteiger partial charge on any atom is 0.268 e. The number of aryl methyl sites for hydroxylation is 2. The summed E-state index contributed by atoms with van der Waals surface area (Å²) in [6.45, 7) is 4.65. The molecule has 0 aromatic heterocycles. The zero-order chi connectivity index (χ0) is 17.1. The second kappa shape index (κ2) is 7.27. The smallest absolute Gasteiger partial charge is 0.268 e. The maximum atomic E-state index is 13.0. The first-order valence-corrected chi connectivity index (χ1v) is 8.80. The van der Waals surface area contributed by atoms with E-state index in [0.29, 0.717) is 17.2 Å². The lowest BCUT2D eigenvalue weighted by Gasteiger charge is -2.32. The molecule has 1 heterocycles. The number of halogens is 1. The van der Waals surface area contributed by atoms with Gasteiger partial charge < -0.3 is 9.64 Å². The summed E-state index contributed by atoms with van der Waals surface area (Å²) in [7, 11) is 0. The van der Waals surface area contributed by atoms with Crippen LogP contribution in [0.3, 0.4) is 0 Å². The zero-order valence-corrected chi connectivity index (χ0v) is 14.8. The van der Waals surface area contributed by atoms with Crippen molar-refractivity contribution in [3.63, 3.8) is 0 Å². The minimum absolute atomic E-state index is 0.0252. The summed E-state index contributed by atoms with van der Waals surface area (Å²) >= 11 is 6.06. The predicted octanol–water partition coefficient (Wildman–Crippen LogP) is 4.79. The molecule has 0 saturated heterocycles. The molecule has 126 valence electrons. The van der Waals surface area contributed by atoms with Gasteiger partial charge in [0.15, 0.2) is 6.10 Å². The molecule has 0 fully saturated rings. The van der Waals surface area contributed by atoms with Crippen molar-refractivity contribution >= 4 is 23.2 Å². The fourth-order valence-electron chi connectivity index (χ4n) is 3.10. The van der Waals surface area contributed by atoms with E-state index in [9.17, 15) is 4.79 Å². The van der Waals surface area contributed by atoms with E-state index in [2.05, 4.69) is 6.07 Å². The number of carbonyl (C=O) groups is 1. The van der Waals surface area contributed by atoms with E-state index in [4.69, 9.17) is 16.3 Å². The van der Waals surface area contributed by atoms with Crippen LogP contribution in [0.25, 0.3) is 0 Å². The number of fused-ring (bicyclic) bond motifs is 1. The molecule has 0 unspecified atom stereocenters. The van der Waals surface area contributed by atoms with Crippen LogP contribution in [-0.4, -0.2) is 18.6 Å². The Hall–Kier alpha value is -2.00. The summed E-state index contributed by atoms with van der Waals surface area (Å²) in [5.41, 5.74) is 3.19. The lowest BCUT2D eigenvalue weighted by atomic mass is 10.0. The number of para-hydroxylation sites is 1. The van der Waals surface area contributed by atoms with Crippen molar-refractivity contribution in [1.82, 2.24) is 0 Å². The van der Waals surface area contributed by atoms with Crippen LogP contribution in [0.2, 0.25) is 5.02 Å². The fourth-order valence-corrected chi connectivity index (χ4v) is 3.22. The number of carbonyl (C=O) groups excluding carboxylic acids is 1. The Labute approximate surface area is 148 Å². The number of benzene rings is 2. The third-order valence-corrected chi connectivity index (χ3v) is 4.85. The Morgan fingerprint density at radius 2 is 2.08 bits per heavy atom. The average molecular weight is 344 g/mol. The number of rotatable bonds is 4. The Morgan fingerprint density at radius 1 is 1.29 bits per heavy atom. The molecule has 4 heteroatoms. The molecule has 0 N–H and O–H groups in total. The van der Waals surface area contributed by atoms with Gasteiger partial charge in [0.2, 0.25) is 0 Å². The van der Waals surface area contributed by atoms with Crippen LogP contribution in [0, 0.1) is 6.92 Å². The molecule has 0 aliphatic carbocycles. The molecule has 0 radical (unpaired) electrons. The van der Waals surface area contributed by atoms with Crippen molar-refractivity contribution in [3.05, 3.63) is 58.6 Å². The molecular formula is C20H22ClNO2. The van der Waals surface area contributed by atoms with Gasteiger partial charge in [-0.05, 0) is 61.6 Å². The summed E-state index contributed by atoms with van der Waals surface area (Å²) in [6.07, 6.45) is 2.14. The van der Waals surface area contributed by atoms with Crippen LogP contribution in [0.5, 0.6) is 5.75 Å². The van der Waals surface area contributed by atoms with Crippen LogP contribution < -0.4 is 9.64 Å². The van der Waals surface area contributed by atoms with Crippen LogP contribution in [-0.2, 0) is 11.2 Å². The van der Waals surface area contributed by atoms with Crippen molar-refractivity contribution in [2.24, 2.45) is 0 Å². The van der Waals surface area contributed by atoms with Crippen LogP contribution in [0.4, 0.5) is 5.69 Å². The molecule has 0 bridgehead atoms. The minimum atomic E-state index is -0.489. The number of hydrogen-bond acceptors (Lipinski definition) is 2. The normalized spacial score (nSPS) is 14.9. The first kappa shape index (κ1) is 16.8. The van der Waals surface area contributed by atoms with E-state index >= 15 is 0 Å². The second-order valence-corrected chi connectivity index (χ2v) is 6.56. The third kappa shape index (κ3) is 3.41. The SMILES string of the molecule is CC[C@H](Oc1ccc(Cl)c(C)c1)C(=O)N1CCCc2ccccc21. The maximum absolute atomic E-state index is 13.0. The molecule has 2 aromatic carbocycles. The average Bonchev–Trinajstić information content (AvgIpc) is 2.61. The van der Waals surface area contributed by atoms with Gasteiger partial charge in [-0.1, -0.05) is 36.7 Å². The molecule has 1 aliphatic heterocycles. The standard InChI is InChI=1S/C20H22ClNO2/c1-3-19(24-16-10-11-17(21)14(2)13-16)20(23)22-12-6-8-15-7-4-5-9-18(15)22/h4-5,7,9-11,13,19H,3,6,8,12H2,1-2H3/t19-/m0/s1. The fraction of sp³-hybridized carbons (Fsp3) is 0.350. The summed E-state index contributed by atoms with van der Waals surface area (Å²) < 4.78 is 5.98. The van der Waals surface area contributed by atoms with Gasteiger partial charge in [-0.3, -0.25) is 4.79 Å². The number of hydrogen-bond donors (Lipinski definition) is 0. The van der Waals surface area contributed by atoms with Gasteiger partial charge in [-0.2, -0.15) is 0 Å². The predicted molar refractivity (Wildman–Crippen MR) is 98.0 cm³/mol. The van der Waals surface area contributed by atoms with Crippen molar-refractivity contribution in [3.8, 4) is 5.75 Å². The highest BCUT2D eigenvalue weighted by molar-refractivity contribution is 6.31. The molecule has 0 saturated carbocycles. The number of nitrogens with zero attached hydrogens (tertiary/aromatic N) is 1. The Kier molecular flexibility index (Phi) is 5.10. The molecule has 1 aliphatic rings. The quantitative estimate of drug-likeness (QED) is 0.799. The molecule has 0 spiro atoms. The van der Waals surface area contributed by atoms with E-state index in [0.717, 1.165) is 30.6 Å². The van der Waals surface area contributed by atoms with Gasteiger partial charge in [-0.15, -0.1) is 0 Å². The van der Waals surface area contributed by atoms with Gasteiger partial charge in [0.1, 0.15) is 5.75 Å². The highest BCUT2D eigenvalue weighted by Crippen LogP contribution is 2.29. The van der Waals surface area contributed by atoms with Crippen LogP contribution in [0.1, 0.15) is 30.9 Å². The zero-order valence-electron chi connectivity index (χ0n) is 14.1. The van der Waals surface area contributed by atoms with Gasteiger partial charge in [-0.25, -0.2) is 0 Å². The Bertz CT molecular complexity index is 744. The van der Waals surface area contributed by atoms with E-state index in [1.54, 1.807) is 6.07 Å². The largest absolute Gasteiger partial charge is 0.481 e. The van der Waals surface area contributed by atoms with E-state index in [-0.39, 0.29) is 5.91 Å². The monoisotopic (exact) mass is 343 g/mol. The van der Waals surface area contributed by atoms with Crippen molar-refractivity contribution < 1.29 is 9.53 Å². The number of amides is 1. The second-order valence-electron chi connectivity index (χ2n) is 6.15. The highest BCUT2D eigenvalue weighted by Gasteiger charge is 2.29. The van der Waals surface area contributed by atoms with Crippen LogP contribution >= 0.6 is 11.6 Å². The Balaban J connectivity index is 1.81. The van der Waals surface area contributed by atoms with E-state index in [1.807, 2.05) is 49.1 Å². The molecule has 24 heavy (non-hydrogen) atoms. The molecular weight excluding hydrogens is 322 g/mol. The third-order valence-electron chi connectivity index (χ3n) is 4.43. The molecule has 1 amide bonds. The summed E-state index contributed by atoms with van der Waals surface area (Å²) in [4.78, 5) is 14.9. The van der Waals surface area contributed by atoms with Gasteiger partial charge in [0.25, 0.3) is 5.91 Å². The minimum Gasteiger partial charge on any atom is -0.481 e. The van der Waals surface area contributed by atoms with Gasteiger partial charge in [0, 0.05) is 17.3 Å². The highest BCUT2D eigenvalue weighted by atomic mass is 35.5. The topological polar surface area (TPSA) is 29.5 Å². The molecule has 2 aromatic rings. The lowest BCUT2D eigenvalue weighted by molar-refractivity contribution is -0.125. The van der Waals surface area contributed by atoms with Crippen molar-refractivity contribution in [2.45, 2.75) is 39.2 Å². The first-order chi connectivity index (χ1) is 11.6. The molecule has 1 atom stereocenters. The first-order valence-electron chi connectivity index (χ1n) is 8.42. The molecule has 3 nitrogen and oxygen atoms in total. The van der Waals surface area contributed by atoms with Crippen molar-refractivity contribution in [1.29, 1.82) is 0 Å².